The number of amides is 1. The van der Waals surface area contributed by atoms with Gasteiger partial charge in [-0.3, -0.25) is 9.59 Å². The minimum Gasteiger partial charge on any atom is -0.508 e. The minimum absolute atomic E-state index is 0.0151. The van der Waals surface area contributed by atoms with Crippen LogP contribution in [0.1, 0.15) is 104 Å². The Hall–Kier alpha value is -1.98. The number of carbonyl (C=O) groups is 2. The number of hydrogen-bond donors (Lipinski definition) is 8. The summed E-state index contributed by atoms with van der Waals surface area (Å²) in [4.78, 5) is 32.3. The first-order valence-corrected chi connectivity index (χ1v) is 26.5. The first-order chi connectivity index (χ1) is 30.3. The second-order valence-electron chi connectivity index (χ2n) is 22.5. The molecule has 4 saturated carbocycles. The predicted octanol–water partition coefficient (Wildman–Crippen LogP) is 5.06. The van der Waals surface area contributed by atoms with E-state index in [1.807, 2.05) is 19.1 Å². The number of epoxide rings is 1. The van der Waals surface area contributed by atoms with Crippen LogP contribution in [-0.4, -0.2) is 119 Å². The molecule has 14 heteroatoms. The Morgan fingerprint density at radius 3 is 2.52 bits per heavy atom. The van der Waals surface area contributed by atoms with Gasteiger partial charge in [0.15, 0.2) is 5.78 Å². The summed E-state index contributed by atoms with van der Waals surface area (Å²) in [7, 11) is 2.53. The van der Waals surface area contributed by atoms with Gasteiger partial charge in [0, 0.05) is 42.0 Å². The van der Waals surface area contributed by atoms with E-state index in [2.05, 4.69) is 26.8 Å². The molecular weight excluding hydrogens is 855 g/mol. The molecule has 12 rings (SSSR count). The number of benzene rings is 1. The highest BCUT2D eigenvalue weighted by Gasteiger charge is 2.78. The van der Waals surface area contributed by atoms with Crippen LogP contribution in [-0.2, 0) is 20.7 Å². The van der Waals surface area contributed by atoms with Crippen LogP contribution in [0.4, 0.5) is 5.69 Å². The number of phenols is 1. The third-order valence-electron chi connectivity index (χ3n) is 19.9. The minimum atomic E-state index is -1.98. The fourth-order valence-corrected chi connectivity index (χ4v) is 19.3. The lowest BCUT2D eigenvalue weighted by atomic mass is 9.38. The Morgan fingerprint density at radius 1 is 1.00 bits per heavy atom. The molecule has 1 aromatic carbocycles. The zero-order valence-electron chi connectivity index (χ0n) is 37.7. The van der Waals surface area contributed by atoms with Crippen molar-refractivity contribution in [3.05, 3.63) is 47.6 Å². The molecule has 11 aliphatic rings. The van der Waals surface area contributed by atoms with Gasteiger partial charge in [0.1, 0.15) is 28.5 Å². The van der Waals surface area contributed by atoms with Crippen LogP contribution in [0.25, 0.3) is 0 Å². The van der Waals surface area contributed by atoms with E-state index in [0.29, 0.717) is 74.4 Å². The van der Waals surface area contributed by atoms with Gasteiger partial charge in [-0.1, -0.05) is 67.9 Å². The van der Waals surface area contributed by atoms with Crippen LogP contribution >= 0.6 is 21.6 Å². The molecule has 2 saturated heterocycles. The molecule has 0 aromatic heterocycles. The number of anilines is 1. The molecule has 1 amide bonds. The van der Waals surface area contributed by atoms with E-state index < -0.39 is 80.3 Å². The Labute approximate surface area is 384 Å². The van der Waals surface area contributed by atoms with Crippen molar-refractivity contribution < 1.29 is 55.2 Å². The van der Waals surface area contributed by atoms with Gasteiger partial charge in [-0.25, -0.2) is 0 Å². The Bertz CT molecular complexity index is 2140. The Morgan fingerprint density at radius 2 is 1.78 bits per heavy atom. The van der Waals surface area contributed by atoms with Crippen molar-refractivity contribution in [3.8, 4) is 5.75 Å². The van der Waals surface area contributed by atoms with Crippen molar-refractivity contribution in [2.75, 3.05) is 30.4 Å². The Kier molecular flexibility index (Phi) is 11.1. The smallest absolute Gasteiger partial charge is 0.233 e. The number of allylic oxidation sites excluding steroid dienone is 2. The molecular formula is C50H69NO11S2. The summed E-state index contributed by atoms with van der Waals surface area (Å²) in [6.07, 6.45) is 8.04. The lowest BCUT2D eigenvalue weighted by molar-refractivity contribution is -0.235. The zero-order valence-corrected chi connectivity index (χ0v) is 39.3. The highest BCUT2D eigenvalue weighted by atomic mass is 33.1. The lowest BCUT2D eigenvalue weighted by Gasteiger charge is -2.68. The summed E-state index contributed by atoms with van der Waals surface area (Å²) in [5, 5.41) is 96.7. The van der Waals surface area contributed by atoms with E-state index in [1.54, 1.807) is 23.1 Å². The van der Waals surface area contributed by atoms with E-state index in [4.69, 9.17) is 4.74 Å². The van der Waals surface area contributed by atoms with E-state index in [9.17, 15) is 40.9 Å². The molecule has 8 bridgehead atoms. The molecule has 0 radical (unpaired) electrons. The van der Waals surface area contributed by atoms with Crippen LogP contribution in [0.5, 0.6) is 5.75 Å². The SMILES string of the molecule is CC(C)[C@@H](C)[C@@H]1O[C@H]1[C@@]1(O)CC=C[C@@H]2C[C@H]3C4=CC(=O)[C@@]5(C[C@@H](O)[C@](O)(CO)C[C@]35C)[C@@H](O)SSC[C@@H]3CCC[C@@H](CO)[C@]35CCN(C5=O)c3cc(O)cc(c3)CC[C@]23[C@@H]1CC[C@@]43O. The van der Waals surface area contributed by atoms with Gasteiger partial charge >= 0.3 is 0 Å². The standard InChI is InChI=1S/C50H69NO11S2/c1-27(2)28(3)40-41(62-40)49(60)12-6-9-30-19-35-36-21-38(55)48(22-39(56)45(59,26-53)25-44(35,48)4)43(58)64-63-24-32-8-5-7-31(23-52)46(32)15-16-51(42(46)57)33-17-29(18-34(54)20-33)10-13-47(30)37(49)11-14-50(36,47)61/h6,9,17-18,20-21,27-28,30-32,35,37,39-41,43,52-54,56,58-61H,5,7-8,10-16,19,22-26H2,1-4H3/t28-,30-,31+,32+,35+,37+,39-,40+,41-,43+,44-,45-,46-,47-,48+,49-,50-/m1/s1. The number of aliphatic hydroxyl groups excluding tert-OH is 4. The van der Waals surface area contributed by atoms with Crippen molar-refractivity contribution in [2.45, 2.75) is 145 Å². The maximum absolute atomic E-state index is 15.5. The third kappa shape index (κ3) is 5.98. The molecule has 1 aromatic rings. The summed E-state index contributed by atoms with van der Waals surface area (Å²) >= 11 is 0. The predicted molar refractivity (Wildman–Crippen MR) is 244 cm³/mol. The number of aryl methyl sites for hydroxylation is 1. The monoisotopic (exact) mass is 923 g/mol. The summed E-state index contributed by atoms with van der Waals surface area (Å²) < 4.78 is 6.46. The molecule has 17 atom stereocenters. The number of aromatic hydroxyl groups is 1. The van der Waals surface area contributed by atoms with E-state index in [1.165, 1.54) is 10.8 Å². The van der Waals surface area contributed by atoms with Gasteiger partial charge in [-0.2, -0.15) is 0 Å². The fraction of sp³-hybridized carbons (Fsp3) is 0.760. The largest absolute Gasteiger partial charge is 0.508 e. The quantitative estimate of drug-likeness (QED) is 0.110. The highest BCUT2D eigenvalue weighted by Crippen LogP contribution is 2.76. The van der Waals surface area contributed by atoms with Crippen molar-refractivity contribution in [1.82, 2.24) is 0 Å². The number of hydrogen-bond acceptors (Lipinski definition) is 13. The molecule has 6 fully saturated rings. The topological polar surface area (TPSA) is 212 Å². The van der Waals surface area contributed by atoms with Crippen molar-refractivity contribution in [1.29, 1.82) is 0 Å². The maximum Gasteiger partial charge on any atom is 0.233 e. The van der Waals surface area contributed by atoms with E-state index in [-0.39, 0.29) is 67.3 Å². The summed E-state index contributed by atoms with van der Waals surface area (Å²) in [5.41, 5.74) is -9.26. The molecule has 5 aliphatic heterocycles. The second kappa shape index (κ2) is 15.5. The average Bonchev–Trinajstić information content (AvgIpc) is 3.93. The maximum atomic E-state index is 15.5. The average molecular weight is 924 g/mol. The van der Waals surface area contributed by atoms with Crippen molar-refractivity contribution >= 4 is 39.0 Å². The van der Waals surface area contributed by atoms with Crippen LogP contribution in [0.15, 0.2) is 42.0 Å². The first-order valence-electron chi connectivity index (χ1n) is 24.1. The van der Waals surface area contributed by atoms with E-state index >= 15 is 9.59 Å². The molecule has 5 heterocycles. The van der Waals surface area contributed by atoms with Crippen molar-refractivity contribution in [2.24, 2.45) is 63.1 Å². The van der Waals surface area contributed by atoms with Gasteiger partial charge < -0.3 is 50.5 Å². The number of ketones is 1. The zero-order chi connectivity index (χ0) is 45.6. The fourth-order valence-electron chi connectivity index (χ4n) is 16.2. The Balaban J connectivity index is 1.17. The normalized spacial score (nSPS) is 49.0. The van der Waals surface area contributed by atoms with Crippen LogP contribution in [0.3, 0.4) is 0 Å². The number of ether oxygens (including phenoxy) is 1. The van der Waals surface area contributed by atoms with Gasteiger partial charge in [0.2, 0.25) is 5.91 Å². The number of nitrogens with zero attached hydrogens (tertiary/aromatic N) is 1. The van der Waals surface area contributed by atoms with Gasteiger partial charge in [0.05, 0.1) is 35.2 Å². The molecule has 3 spiro atoms. The molecule has 8 N–H and O–H groups in total. The van der Waals surface area contributed by atoms with Gasteiger partial charge in [-0.05, 0) is 141 Å². The summed E-state index contributed by atoms with van der Waals surface area (Å²) in [6.45, 7) is 7.86. The molecule has 0 unspecified atom stereocenters. The summed E-state index contributed by atoms with van der Waals surface area (Å²) in [5.74, 6) is -1.37. The lowest BCUT2D eigenvalue weighted by Crippen LogP contribution is -2.72. The molecule has 12 nitrogen and oxygen atoms in total. The number of carbonyl (C=O) groups excluding carboxylic acids is 2. The summed E-state index contributed by atoms with van der Waals surface area (Å²) in [6, 6.07) is 5.31. The first kappa shape index (κ1) is 45.8. The third-order valence-corrected chi connectivity index (χ3v) is 22.5. The van der Waals surface area contributed by atoms with Gasteiger partial charge in [-0.15, -0.1) is 0 Å². The van der Waals surface area contributed by atoms with E-state index in [0.717, 1.165) is 29.2 Å². The van der Waals surface area contributed by atoms with Crippen molar-refractivity contribution in [3.63, 3.8) is 0 Å². The number of rotatable bonds is 5. The highest BCUT2D eigenvalue weighted by molar-refractivity contribution is 8.76. The van der Waals surface area contributed by atoms with Gasteiger partial charge in [0.25, 0.3) is 0 Å². The number of fused-ring (bicyclic) bond motifs is 1. The van der Waals surface area contributed by atoms with Crippen LogP contribution in [0, 0.1) is 63.1 Å². The molecule has 64 heavy (non-hydrogen) atoms. The van der Waals surface area contributed by atoms with Crippen LogP contribution < -0.4 is 4.90 Å². The van der Waals surface area contributed by atoms with Crippen LogP contribution in [0.2, 0.25) is 0 Å². The second-order valence-corrected chi connectivity index (χ2v) is 25.0. The molecule has 6 aliphatic carbocycles. The molecule has 352 valence electrons. The number of aliphatic hydroxyl groups is 7. The number of phenolic OH excluding ortho intramolecular Hbond substituents is 1.